The van der Waals surface area contributed by atoms with Crippen LogP contribution in [0.4, 0.5) is 0 Å². The third-order valence-corrected chi connectivity index (χ3v) is 3.82. The molecule has 1 saturated carbocycles. The van der Waals surface area contributed by atoms with Gasteiger partial charge < -0.3 is 16.0 Å². The molecule has 3 rings (SSSR count). The molecule has 1 aliphatic carbocycles. The Bertz CT molecular complexity index is 591. The van der Waals surface area contributed by atoms with E-state index >= 15 is 0 Å². The molecule has 1 fully saturated rings. The average molecular weight is 269 g/mol. The number of aromatic amines is 1. The lowest BCUT2D eigenvalue weighted by atomic mass is 10.2. The van der Waals surface area contributed by atoms with Crippen LogP contribution >= 0.6 is 0 Å². The van der Waals surface area contributed by atoms with E-state index in [1.807, 2.05) is 42.5 Å². The molecule has 0 radical (unpaired) electrons. The molecule has 2 atom stereocenters. The van der Waals surface area contributed by atoms with Gasteiger partial charge in [0, 0.05) is 17.8 Å². The number of nitrogens with one attached hydrogen (secondary N) is 2. The molecule has 0 spiro atoms. The number of nitrogens with two attached hydrogens (primary N) is 1. The van der Waals surface area contributed by atoms with Crippen LogP contribution in [0.25, 0.3) is 11.3 Å². The van der Waals surface area contributed by atoms with Gasteiger partial charge in [-0.1, -0.05) is 30.3 Å². The summed E-state index contributed by atoms with van der Waals surface area (Å²) in [6.45, 7) is 0. The van der Waals surface area contributed by atoms with Gasteiger partial charge >= 0.3 is 0 Å². The van der Waals surface area contributed by atoms with Gasteiger partial charge in [0.25, 0.3) is 5.91 Å². The first-order valence-corrected chi connectivity index (χ1v) is 7.03. The lowest BCUT2D eigenvalue weighted by Gasteiger charge is -2.11. The Morgan fingerprint density at radius 1 is 1.15 bits per heavy atom. The third kappa shape index (κ3) is 2.75. The highest BCUT2D eigenvalue weighted by Crippen LogP contribution is 2.20. The van der Waals surface area contributed by atoms with Gasteiger partial charge in [0.2, 0.25) is 0 Å². The molecule has 4 heteroatoms. The molecule has 0 aliphatic heterocycles. The van der Waals surface area contributed by atoms with E-state index in [1.165, 1.54) is 0 Å². The minimum atomic E-state index is -0.0497. The highest BCUT2D eigenvalue weighted by molar-refractivity contribution is 5.93. The summed E-state index contributed by atoms with van der Waals surface area (Å²) in [7, 11) is 0. The van der Waals surface area contributed by atoms with Crippen LogP contribution in [0.1, 0.15) is 29.8 Å². The molecule has 0 bridgehead atoms. The second kappa shape index (κ2) is 5.51. The van der Waals surface area contributed by atoms with Crippen molar-refractivity contribution in [3.05, 3.63) is 48.2 Å². The fourth-order valence-corrected chi connectivity index (χ4v) is 2.72. The van der Waals surface area contributed by atoms with Crippen LogP contribution in [0.15, 0.2) is 42.5 Å². The maximum absolute atomic E-state index is 12.2. The number of carbonyl (C=O) groups is 1. The number of amides is 1. The quantitative estimate of drug-likeness (QED) is 0.800. The summed E-state index contributed by atoms with van der Waals surface area (Å²) >= 11 is 0. The van der Waals surface area contributed by atoms with Crippen LogP contribution in [0.3, 0.4) is 0 Å². The van der Waals surface area contributed by atoms with Gasteiger partial charge in [-0.25, -0.2) is 0 Å². The van der Waals surface area contributed by atoms with E-state index in [0.717, 1.165) is 30.5 Å². The Kier molecular flexibility index (Phi) is 3.56. The highest BCUT2D eigenvalue weighted by atomic mass is 16.1. The lowest BCUT2D eigenvalue weighted by molar-refractivity contribution is 0.0933. The largest absolute Gasteiger partial charge is 0.351 e. The second-order valence-corrected chi connectivity index (χ2v) is 5.40. The van der Waals surface area contributed by atoms with Crippen molar-refractivity contribution in [1.82, 2.24) is 10.3 Å². The monoisotopic (exact) mass is 269 g/mol. The molecule has 1 heterocycles. The smallest absolute Gasteiger partial charge is 0.267 e. The summed E-state index contributed by atoms with van der Waals surface area (Å²) in [5.74, 6) is -0.0497. The van der Waals surface area contributed by atoms with Crippen LogP contribution in [-0.2, 0) is 0 Å². The molecule has 4 nitrogen and oxygen atoms in total. The summed E-state index contributed by atoms with van der Waals surface area (Å²) in [5, 5.41) is 3.04. The maximum Gasteiger partial charge on any atom is 0.267 e. The van der Waals surface area contributed by atoms with Crippen molar-refractivity contribution in [3.63, 3.8) is 0 Å². The molecule has 1 aliphatic rings. The summed E-state index contributed by atoms with van der Waals surface area (Å²) < 4.78 is 0. The van der Waals surface area contributed by atoms with Crippen molar-refractivity contribution >= 4 is 5.91 Å². The normalized spacial score (nSPS) is 21.9. The predicted molar refractivity (Wildman–Crippen MR) is 79.3 cm³/mol. The summed E-state index contributed by atoms with van der Waals surface area (Å²) in [6.07, 6.45) is 2.84. The molecule has 1 aromatic carbocycles. The Labute approximate surface area is 118 Å². The van der Waals surface area contributed by atoms with Crippen LogP contribution in [0, 0.1) is 0 Å². The number of carbonyl (C=O) groups excluding carboxylic acids is 1. The predicted octanol–water partition coefficient (Wildman–Crippen LogP) is 2.29. The standard InChI is InChI=1S/C16H19N3O/c17-12-6-7-13(10-12)18-16(20)15-9-8-14(19-15)11-4-2-1-3-5-11/h1-5,8-9,12-13,19H,6-7,10,17H2,(H,18,20)/t12-,13-/m1/s1. The molecular formula is C16H19N3O. The second-order valence-electron chi connectivity index (χ2n) is 5.40. The van der Waals surface area contributed by atoms with Gasteiger partial charge in [-0.2, -0.15) is 0 Å². The van der Waals surface area contributed by atoms with Gasteiger partial charge in [0.05, 0.1) is 0 Å². The van der Waals surface area contributed by atoms with E-state index in [0.29, 0.717) is 5.69 Å². The molecule has 2 aromatic rings. The van der Waals surface area contributed by atoms with Crippen LogP contribution in [0.5, 0.6) is 0 Å². The molecule has 20 heavy (non-hydrogen) atoms. The van der Waals surface area contributed by atoms with Crippen molar-refractivity contribution in [2.75, 3.05) is 0 Å². The zero-order chi connectivity index (χ0) is 13.9. The molecule has 1 amide bonds. The Morgan fingerprint density at radius 2 is 1.95 bits per heavy atom. The average Bonchev–Trinajstić information content (AvgIpc) is 3.09. The number of benzene rings is 1. The summed E-state index contributed by atoms with van der Waals surface area (Å²) in [6, 6.07) is 14.2. The maximum atomic E-state index is 12.2. The zero-order valence-corrected chi connectivity index (χ0v) is 11.3. The minimum absolute atomic E-state index is 0.0497. The summed E-state index contributed by atoms with van der Waals surface area (Å²) in [5.41, 5.74) is 8.50. The first-order valence-electron chi connectivity index (χ1n) is 7.03. The summed E-state index contributed by atoms with van der Waals surface area (Å²) in [4.78, 5) is 15.3. The van der Waals surface area contributed by atoms with E-state index in [4.69, 9.17) is 5.73 Å². The van der Waals surface area contributed by atoms with Crippen LogP contribution < -0.4 is 11.1 Å². The van der Waals surface area contributed by atoms with Gasteiger partial charge in [-0.15, -0.1) is 0 Å². The number of hydrogen-bond donors (Lipinski definition) is 3. The minimum Gasteiger partial charge on any atom is -0.351 e. The molecule has 0 saturated heterocycles. The lowest BCUT2D eigenvalue weighted by Crippen LogP contribution is -2.34. The third-order valence-electron chi connectivity index (χ3n) is 3.82. The molecule has 104 valence electrons. The molecule has 4 N–H and O–H groups in total. The topological polar surface area (TPSA) is 70.9 Å². The van der Waals surface area contributed by atoms with E-state index < -0.39 is 0 Å². The first-order chi connectivity index (χ1) is 9.72. The van der Waals surface area contributed by atoms with Crippen LogP contribution in [0.2, 0.25) is 0 Å². The zero-order valence-electron chi connectivity index (χ0n) is 11.3. The Hall–Kier alpha value is -2.07. The van der Waals surface area contributed by atoms with Crippen molar-refractivity contribution in [2.24, 2.45) is 5.73 Å². The van der Waals surface area contributed by atoms with Crippen molar-refractivity contribution in [3.8, 4) is 11.3 Å². The SMILES string of the molecule is N[C@@H]1CC[C@@H](NC(=O)c2ccc(-c3ccccc3)[nH]2)C1. The van der Waals surface area contributed by atoms with Crippen molar-refractivity contribution in [1.29, 1.82) is 0 Å². The fourth-order valence-electron chi connectivity index (χ4n) is 2.72. The van der Waals surface area contributed by atoms with E-state index in [-0.39, 0.29) is 18.0 Å². The Morgan fingerprint density at radius 3 is 2.65 bits per heavy atom. The van der Waals surface area contributed by atoms with E-state index in [1.54, 1.807) is 0 Å². The van der Waals surface area contributed by atoms with Crippen molar-refractivity contribution < 1.29 is 4.79 Å². The van der Waals surface area contributed by atoms with Gasteiger partial charge in [0.1, 0.15) is 5.69 Å². The molecule has 0 unspecified atom stereocenters. The fraction of sp³-hybridized carbons (Fsp3) is 0.312. The Balaban J connectivity index is 1.69. The van der Waals surface area contributed by atoms with Gasteiger partial charge in [0.15, 0.2) is 0 Å². The highest BCUT2D eigenvalue weighted by Gasteiger charge is 2.23. The van der Waals surface area contributed by atoms with Crippen LogP contribution in [-0.4, -0.2) is 23.0 Å². The van der Waals surface area contributed by atoms with E-state index in [2.05, 4.69) is 10.3 Å². The van der Waals surface area contributed by atoms with Crippen molar-refractivity contribution in [2.45, 2.75) is 31.3 Å². The van der Waals surface area contributed by atoms with Gasteiger partial charge in [-0.3, -0.25) is 4.79 Å². The number of hydrogen-bond acceptors (Lipinski definition) is 2. The molecular weight excluding hydrogens is 250 g/mol. The molecule has 1 aromatic heterocycles. The first kappa shape index (κ1) is 12.9. The number of aromatic nitrogens is 1. The van der Waals surface area contributed by atoms with E-state index in [9.17, 15) is 4.79 Å². The number of H-pyrrole nitrogens is 1. The van der Waals surface area contributed by atoms with Gasteiger partial charge in [-0.05, 0) is 37.0 Å². The number of rotatable bonds is 3.